The molecule has 0 atom stereocenters. The third-order valence-electron chi connectivity index (χ3n) is 1.73. The highest BCUT2D eigenvalue weighted by atomic mass is 19.4. The van der Waals surface area contributed by atoms with Gasteiger partial charge in [0.15, 0.2) is 0 Å². The average Bonchev–Trinajstić information content (AvgIpc) is 2.12. The predicted octanol–water partition coefficient (Wildman–Crippen LogP) is 1.78. The summed E-state index contributed by atoms with van der Waals surface area (Å²) in [7, 11) is 0. The second-order valence-corrected chi connectivity index (χ2v) is 3.10. The van der Waals surface area contributed by atoms with Crippen molar-refractivity contribution in [3.8, 4) is 0 Å². The topological polar surface area (TPSA) is 50.9 Å². The van der Waals surface area contributed by atoms with Gasteiger partial charge in [0.05, 0.1) is 5.56 Å². The molecule has 1 rings (SSSR count). The van der Waals surface area contributed by atoms with Crippen LogP contribution in [0.2, 0.25) is 0 Å². The SMILES string of the molecule is Cc1cc(C(F)(F)F)cc(NCCN)n1. The number of hydrogen-bond donors (Lipinski definition) is 2. The van der Waals surface area contributed by atoms with Crippen LogP contribution in [0.25, 0.3) is 0 Å². The first-order valence-electron chi connectivity index (χ1n) is 4.43. The Morgan fingerprint density at radius 3 is 2.60 bits per heavy atom. The highest BCUT2D eigenvalue weighted by Gasteiger charge is 2.31. The number of alkyl halides is 3. The minimum atomic E-state index is -4.34. The normalized spacial score (nSPS) is 11.5. The lowest BCUT2D eigenvalue weighted by atomic mass is 10.2. The lowest BCUT2D eigenvalue weighted by molar-refractivity contribution is -0.137. The van der Waals surface area contributed by atoms with E-state index in [0.717, 1.165) is 12.1 Å². The summed E-state index contributed by atoms with van der Waals surface area (Å²) in [6.07, 6.45) is -4.34. The molecule has 0 spiro atoms. The van der Waals surface area contributed by atoms with E-state index in [1.54, 1.807) is 0 Å². The second kappa shape index (κ2) is 4.48. The van der Waals surface area contributed by atoms with Gasteiger partial charge in [-0.2, -0.15) is 13.2 Å². The van der Waals surface area contributed by atoms with Crippen LogP contribution >= 0.6 is 0 Å². The fraction of sp³-hybridized carbons (Fsp3) is 0.444. The molecule has 3 N–H and O–H groups in total. The Morgan fingerprint density at radius 2 is 2.07 bits per heavy atom. The molecular weight excluding hydrogens is 207 g/mol. The van der Waals surface area contributed by atoms with Crippen molar-refractivity contribution in [2.24, 2.45) is 5.73 Å². The summed E-state index contributed by atoms with van der Waals surface area (Å²) in [5.41, 5.74) is 4.85. The molecular formula is C9H12F3N3. The van der Waals surface area contributed by atoms with Crippen LogP contribution in [0.4, 0.5) is 19.0 Å². The Morgan fingerprint density at radius 1 is 1.40 bits per heavy atom. The van der Waals surface area contributed by atoms with E-state index in [1.165, 1.54) is 6.92 Å². The summed E-state index contributed by atoms with van der Waals surface area (Å²) in [4.78, 5) is 3.92. The number of anilines is 1. The Labute approximate surface area is 85.5 Å². The number of aromatic nitrogens is 1. The summed E-state index contributed by atoms with van der Waals surface area (Å²) in [6.45, 7) is 2.26. The molecule has 84 valence electrons. The highest BCUT2D eigenvalue weighted by molar-refractivity contribution is 5.40. The van der Waals surface area contributed by atoms with Crippen molar-refractivity contribution in [1.29, 1.82) is 0 Å². The van der Waals surface area contributed by atoms with Crippen molar-refractivity contribution in [3.05, 3.63) is 23.4 Å². The van der Waals surface area contributed by atoms with E-state index in [1.807, 2.05) is 0 Å². The van der Waals surface area contributed by atoms with Crippen LogP contribution in [0.1, 0.15) is 11.3 Å². The quantitative estimate of drug-likeness (QED) is 0.814. The van der Waals surface area contributed by atoms with Crippen molar-refractivity contribution in [1.82, 2.24) is 4.98 Å². The van der Waals surface area contributed by atoms with Crippen LogP contribution in [-0.2, 0) is 6.18 Å². The smallest absolute Gasteiger partial charge is 0.369 e. The van der Waals surface area contributed by atoms with E-state index in [0.29, 0.717) is 18.8 Å². The lowest BCUT2D eigenvalue weighted by Gasteiger charge is -2.10. The molecule has 15 heavy (non-hydrogen) atoms. The Kier molecular flexibility index (Phi) is 3.52. The fourth-order valence-electron chi connectivity index (χ4n) is 1.12. The van der Waals surface area contributed by atoms with Gasteiger partial charge in [0.2, 0.25) is 0 Å². The van der Waals surface area contributed by atoms with Crippen molar-refractivity contribution < 1.29 is 13.2 Å². The van der Waals surface area contributed by atoms with Crippen LogP contribution in [-0.4, -0.2) is 18.1 Å². The van der Waals surface area contributed by atoms with Gasteiger partial charge < -0.3 is 11.1 Å². The van der Waals surface area contributed by atoms with E-state index < -0.39 is 11.7 Å². The van der Waals surface area contributed by atoms with E-state index in [4.69, 9.17) is 5.73 Å². The number of pyridine rings is 1. The number of nitrogens with one attached hydrogen (secondary N) is 1. The molecule has 3 nitrogen and oxygen atoms in total. The zero-order chi connectivity index (χ0) is 11.5. The molecule has 1 heterocycles. The maximum Gasteiger partial charge on any atom is 0.416 e. The van der Waals surface area contributed by atoms with E-state index in [2.05, 4.69) is 10.3 Å². The Hall–Kier alpha value is -1.30. The zero-order valence-electron chi connectivity index (χ0n) is 8.23. The molecule has 0 amide bonds. The molecule has 0 aromatic carbocycles. The first-order valence-corrected chi connectivity index (χ1v) is 4.43. The van der Waals surface area contributed by atoms with E-state index in [-0.39, 0.29) is 5.82 Å². The molecule has 0 radical (unpaired) electrons. The molecule has 0 saturated heterocycles. The summed E-state index contributed by atoms with van der Waals surface area (Å²) < 4.78 is 37.2. The van der Waals surface area contributed by atoms with E-state index >= 15 is 0 Å². The second-order valence-electron chi connectivity index (χ2n) is 3.10. The van der Waals surface area contributed by atoms with Crippen LogP contribution in [0.5, 0.6) is 0 Å². The number of rotatable bonds is 3. The van der Waals surface area contributed by atoms with Gasteiger partial charge in [0.25, 0.3) is 0 Å². The van der Waals surface area contributed by atoms with Crippen LogP contribution in [0.15, 0.2) is 12.1 Å². The van der Waals surface area contributed by atoms with Gasteiger partial charge in [-0.15, -0.1) is 0 Å². The lowest BCUT2D eigenvalue weighted by Crippen LogP contribution is -2.15. The van der Waals surface area contributed by atoms with Crippen molar-refractivity contribution in [3.63, 3.8) is 0 Å². The van der Waals surface area contributed by atoms with Crippen LogP contribution in [0.3, 0.4) is 0 Å². The van der Waals surface area contributed by atoms with Gasteiger partial charge in [-0.1, -0.05) is 0 Å². The Balaban J connectivity index is 2.95. The van der Waals surface area contributed by atoms with Gasteiger partial charge >= 0.3 is 6.18 Å². The molecule has 6 heteroatoms. The first-order chi connectivity index (χ1) is 6.93. The number of nitrogens with two attached hydrogens (primary N) is 1. The van der Waals surface area contributed by atoms with Gasteiger partial charge in [-0.05, 0) is 19.1 Å². The number of hydrogen-bond acceptors (Lipinski definition) is 3. The standard InChI is InChI=1S/C9H12F3N3/c1-6-4-7(9(10,11)12)5-8(15-6)14-3-2-13/h4-5H,2-3,13H2,1H3,(H,14,15). The number of aryl methyl sites for hydroxylation is 1. The molecule has 0 saturated carbocycles. The molecule has 1 aromatic heterocycles. The number of halogens is 3. The maximum atomic E-state index is 12.4. The largest absolute Gasteiger partial charge is 0.416 e. The highest BCUT2D eigenvalue weighted by Crippen LogP contribution is 2.30. The summed E-state index contributed by atoms with van der Waals surface area (Å²) in [5.74, 6) is 0.202. The van der Waals surface area contributed by atoms with Crippen LogP contribution < -0.4 is 11.1 Å². The van der Waals surface area contributed by atoms with E-state index in [9.17, 15) is 13.2 Å². The van der Waals surface area contributed by atoms with Gasteiger partial charge in [0, 0.05) is 18.8 Å². The predicted molar refractivity (Wildman–Crippen MR) is 51.5 cm³/mol. The summed E-state index contributed by atoms with van der Waals surface area (Å²) >= 11 is 0. The molecule has 0 aliphatic carbocycles. The first kappa shape index (κ1) is 11.8. The minimum absolute atomic E-state index is 0.202. The molecule has 0 bridgehead atoms. The monoisotopic (exact) mass is 219 g/mol. The fourth-order valence-corrected chi connectivity index (χ4v) is 1.12. The molecule has 0 aliphatic heterocycles. The summed E-state index contributed by atoms with van der Waals surface area (Å²) in [5, 5.41) is 2.71. The van der Waals surface area contributed by atoms with Crippen LogP contribution in [0, 0.1) is 6.92 Å². The van der Waals surface area contributed by atoms with Gasteiger partial charge in [-0.25, -0.2) is 4.98 Å². The minimum Gasteiger partial charge on any atom is -0.369 e. The maximum absolute atomic E-state index is 12.4. The van der Waals surface area contributed by atoms with Crippen molar-refractivity contribution in [2.45, 2.75) is 13.1 Å². The third kappa shape index (κ3) is 3.39. The van der Waals surface area contributed by atoms with Crippen molar-refractivity contribution >= 4 is 5.82 Å². The Bertz CT molecular complexity index is 336. The van der Waals surface area contributed by atoms with Gasteiger partial charge in [0.1, 0.15) is 5.82 Å². The van der Waals surface area contributed by atoms with Gasteiger partial charge in [-0.3, -0.25) is 0 Å². The molecule has 1 aromatic rings. The summed E-state index contributed by atoms with van der Waals surface area (Å²) in [6, 6.07) is 1.98. The average molecular weight is 219 g/mol. The molecule has 0 unspecified atom stereocenters. The third-order valence-corrected chi connectivity index (χ3v) is 1.73. The number of nitrogens with zero attached hydrogens (tertiary/aromatic N) is 1. The molecule has 0 aliphatic rings. The van der Waals surface area contributed by atoms with Crippen molar-refractivity contribution in [2.75, 3.05) is 18.4 Å². The zero-order valence-corrected chi connectivity index (χ0v) is 8.23. The molecule has 0 fully saturated rings.